The van der Waals surface area contributed by atoms with Crippen LogP contribution in [0, 0.1) is 5.92 Å². The molecule has 170 valence electrons. The maximum atomic E-state index is 12.2. The van der Waals surface area contributed by atoms with E-state index in [1.54, 1.807) is 0 Å². The van der Waals surface area contributed by atoms with Crippen LogP contribution in [0.25, 0.3) is 22.3 Å². The van der Waals surface area contributed by atoms with Crippen LogP contribution in [-0.2, 0) is 4.79 Å². The van der Waals surface area contributed by atoms with E-state index in [1.807, 2.05) is 64.2 Å². The predicted octanol–water partition coefficient (Wildman–Crippen LogP) is 4.22. The minimum atomic E-state index is 0.00124. The largest absolute Gasteiger partial charge is 0.457 e. The first kappa shape index (κ1) is 20.4. The van der Waals surface area contributed by atoms with Crippen LogP contribution in [0.2, 0.25) is 0 Å². The summed E-state index contributed by atoms with van der Waals surface area (Å²) in [7, 11) is 0. The van der Waals surface area contributed by atoms with Crippen molar-refractivity contribution >= 4 is 22.8 Å². The quantitative estimate of drug-likeness (QED) is 0.455. The van der Waals surface area contributed by atoms with Crippen LogP contribution in [0.4, 0.5) is 5.82 Å². The second-order valence-corrected chi connectivity index (χ2v) is 8.84. The molecule has 1 amide bonds. The summed E-state index contributed by atoms with van der Waals surface area (Å²) < 4.78 is 7.92. The predicted molar refractivity (Wildman–Crippen MR) is 129 cm³/mol. The van der Waals surface area contributed by atoms with Crippen LogP contribution in [0.5, 0.6) is 11.5 Å². The van der Waals surface area contributed by atoms with Crippen molar-refractivity contribution < 1.29 is 9.53 Å². The summed E-state index contributed by atoms with van der Waals surface area (Å²) in [5, 5.41) is 5.75. The lowest BCUT2D eigenvalue weighted by atomic mass is 10.0. The van der Waals surface area contributed by atoms with Gasteiger partial charge in [-0.05, 0) is 55.3 Å². The first-order valence-corrected chi connectivity index (χ1v) is 11.4. The van der Waals surface area contributed by atoms with Gasteiger partial charge in [-0.15, -0.1) is 0 Å². The van der Waals surface area contributed by atoms with E-state index in [4.69, 9.17) is 15.6 Å². The van der Waals surface area contributed by atoms with Crippen LogP contribution in [-0.4, -0.2) is 43.1 Å². The van der Waals surface area contributed by atoms with Crippen LogP contribution < -0.4 is 10.5 Å². The Balaban J connectivity index is 1.34. The molecule has 1 saturated heterocycles. The summed E-state index contributed by atoms with van der Waals surface area (Å²) in [5.74, 6) is 2.25. The van der Waals surface area contributed by atoms with Gasteiger partial charge in [0.2, 0.25) is 5.91 Å². The minimum absolute atomic E-state index is 0.00124. The van der Waals surface area contributed by atoms with E-state index in [0.717, 1.165) is 46.6 Å². The fourth-order valence-corrected chi connectivity index (χ4v) is 5.35. The third-order valence-electron chi connectivity index (χ3n) is 6.90. The highest BCUT2D eigenvalue weighted by Gasteiger charge is 2.47. The van der Waals surface area contributed by atoms with E-state index in [9.17, 15) is 4.79 Å². The summed E-state index contributed by atoms with van der Waals surface area (Å²) >= 11 is 0. The third-order valence-corrected chi connectivity index (χ3v) is 6.90. The Morgan fingerprint density at radius 2 is 1.82 bits per heavy atom. The second kappa shape index (κ2) is 7.98. The van der Waals surface area contributed by atoms with Crippen LogP contribution >= 0.6 is 0 Å². The fraction of sp³-hybridized carbons (Fsp3) is 0.231. The SMILES string of the molecule is C=CC(=O)N1C[C@@H]2C[C@H]1CC2n1nc(-c2ccc(Oc3ccccc3)cc2)c2c(N)ncnc21. The number of carbonyl (C=O) groups is 1. The minimum Gasteiger partial charge on any atom is -0.457 e. The number of nitrogens with two attached hydrogens (primary N) is 1. The molecule has 0 radical (unpaired) electrons. The monoisotopic (exact) mass is 452 g/mol. The van der Waals surface area contributed by atoms with Crippen molar-refractivity contribution in [1.82, 2.24) is 24.6 Å². The maximum absolute atomic E-state index is 12.2. The lowest BCUT2D eigenvalue weighted by Gasteiger charge is -2.31. The van der Waals surface area contributed by atoms with Crippen LogP contribution in [0.15, 0.2) is 73.6 Å². The van der Waals surface area contributed by atoms with Crippen LogP contribution in [0.1, 0.15) is 18.9 Å². The van der Waals surface area contributed by atoms with Gasteiger partial charge in [-0.2, -0.15) is 5.10 Å². The van der Waals surface area contributed by atoms with Crippen molar-refractivity contribution in [3.63, 3.8) is 0 Å². The molecule has 1 unspecified atom stereocenters. The Kier molecular flexibility index (Phi) is 4.79. The van der Waals surface area contributed by atoms with Gasteiger partial charge in [-0.25, -0.2) is 14.6 Å². The number of hydrogen-bond donors (Lipinski definition) is 1. The molecule has 34 heavy (non-hydrogen) atoms. The average molecular weight is 453 g/mol. The van der Waals surface area contributed by atoms with Crippen molar-refractivity contribution in [2.45, 2.75) is 24.9 Å². The van der Waals surface area contributed by atoms with Gasteiger partial charge in [0.05, 0.1) is 11.4 Å². The van der Waals surface area contributed by atoms with Gasteiger partial charge in [0.1, 0.15) is 29.3 Å². The van der Waals surface area contributed by atoms with Crippen molar-refractivity contribution in [1.29, 1.82) is 0 Å². The van der Waals surface area contributed by atoms with Gasteiger partial charge in [0.15, 0.2) is 5.65 Å². The summed E-state index contributed by atoms with van der Waals surface area (Å²) in [4.78, 5) is 22.9. The Hall–Kier alpha value is -4.20. The molecule has 6 rings (SSSR count). The number of rotatable bonds is 5. The summed E-state index contributed by atoms with van der Waals surface area (Å²) in [6.45, 7) is 4.35. The number of piperidine rings is 1. The lowest BCUT2D eigenvalue weighted by molar-refractivity contribution is -0.127. The molecule has 1 aliphatic carbocycles. The van der Waals surface area contributed by atoms with E-state index >= 15 is 0 Å². The van der Waals surface area contributed by atoms with Crippen molar-refractivity contribution in [3.05, 3.63) is 73.6 Å². The summed E-state index contributed by atoms with van der Waals surface area (Å²) in [5.41, 5.74) is 8.69. The molecule has 2 aliphatic rings. The fourth-order valence-electron chi connectivity index (χ4n) is 5.35. The van der Waals surface area contributed by atoms with Crippen molar-refractivity contribution in [2.24, 2.45) is 5.92 Å². The topological polar surface area (TPSA) is 99.2 Å². The number of nitrogens with zero attached hydrogens (tertiary/aromatic N) is 5. The number of benzene rings is 2. The number of nitrogen functional groups attached to an aromatic ring is 1. The molecule has 3 atom stereocenters. The Morgan fingerprint density at radius 1 is 1.06 bits per heavy atom. The number of hydrogen-bond acceptors (Lipinski definition) is 6. The smallest absolute Gasteiger partial charge is 0.246 e. The number of likely N-dealkylation sites (tertiary alicyclic amines) is 1. The summed E-state index contributed by atoms with van der Waals surface area (Å²) in [6.07, 6.45) is 4.69. The Labute approximate surface area is 196 Å². The van der Waals surface area contributed by atoms with Gasteiger partial charge in [0, 0.05) is 24.1 Å². The molecule has 3 heterocycles. The van der Waals surface area contributed by atoms with Crippen LogP contribution in [0.3, 0.4) is 0 Å². The molecule has 2 bridgehead atoms. The van der Waals surface area contributed by atoms with Crippen molar-refractivity contribution in [3.8, 4) is 22.8 Å². The highest BCUT2D eigenvalue weighted by molar-refractivity contribution is 5.98. The standard InChI is InChI=1S/C26H24N6O2/c1-2-22(33)31-14-17-12-18(31)13-21(17)32-26-23(25(27)28-15-29-26)24(30-32)16-8-10-20(11-9-16)34-19-6-4-3-5-7-19/h2-11,15,17-18,21H,1,12-14H2,(H2,27,28,29)/t17-,18-,21?/m0/s1. The zero-order valence-corrected chi connectivity index (χ0v) is 18.5. The Bertz CT molecular complexity index is 1380. The average Bonchev–Trinajstić information content (AvgIpc) is 3.58. The number of anilines is 1. The molecule has 8 heteroatoms. The first-order chi connectivity index (χ1) is 16.6. The number of carbonyl (C=O) groups excluding carboxylic acids is 1. The van der Waals surface area contributed by atoms with E-state index in [0.29, 0.717) is 18.3 Å². The lowest BCUT2D eigenvalue weighted by Crippen LogP contribution is -2.39. The third kappa shape index (κ3) is 3.30. The van der Waals surface area contributed by atoms with Gasteiger partial charge in [-0.1, -0.05) is 24.8 Å². The molecule has 1 aliphatic heterocycles. The number of aromatic nitrogens is 4. The molecule has 1 saturated carbocycles. The number of ether oxygens (including phenoxy) is 1. The van der Waals surface area contributed by atoms with Gasteiger partial charge < -0.3 is 15.4 Å². The zero-order valence-electron chi connectivity index (χ0n) is 18.5. The van der Waals surface area contributed by atoms with E-state index in [-0.39, 0.29) is 18.0 Å². The van der Waals surface area contributed by atoms with E-state index < -0.39 is 0 Å². The maximum Gasteiger partial charge on any atom is 0.246 e. The molecule has 4 aromatic rings. The molecule has 2 aromatic heterocycles. The highest BCUT2D eigenvalue weighted by atomic mass is 16.5. The molecule has 8 nitrogen and oxygen atoms in total. The normalized spacial score (nSPS) is 21.2. The first-order valence-electron chi connectivity index (χ1n) is 11.4. The van der Waals surface area contributed by atoms with E-state index in [1.165, 1.54) is 12.4 Å². The molecule has 0 spiro atoms. The number of para-hydroxylation sites is 1. The van der Waals surface area contributed by atoms with E-state index in [2.05, 4.69) is 16.5 Å². The zero-order chi connectivity index (χ0) is 23.2. The second-order valence-electron chi connectivity index (χ2n) is 8.84. The van der Waals surface area contributed by atoms with Gasteiger partial charge >= 0.3 is 0 Å². The van der Waals surface area contributed by atoms with Gasteiger partial charge in [-0.3, -0.25) is 4.79 Å². The number of amides is 1. The molecule has 2 aromatic carbocycles. The molecular weight excluding hydrogens is 428 g/mol. The summed E-state index contributed by atoms with van der Waals surface area (Å²) in [6, 6.07) is 17.8. The highest BCUT2D eigenvalue weighted by Crippen LogP contribution is 2.46. The Morgan fingerprint density at radius 3 is 2.53 bits per heavy atom. The van der Waals surface area contributed by atoms with Gasteiger partial charge in [0.25, 0.3) is 0 Å². The molecular formula is C26H24N6O2. The molecule has 2 fully saturated rings. The molecule has 2 N–H and O–H groups in total. The number of fused-ring (bicyclic) bond motifs is 3. The van der Waals surface area contributed by atoms with Crippen molar-refractivity contribution in [2.75, 3.05) is 12.3 Å².